The molecule has 18 heavy (non-hydrogen) atoms. The van der Waals surface area contributed by atoms with E-state index in [0.29, 0.717) is 5.28 Å². The smallest absolute Gasteiger partial charge is 0.224 e. The van der Waals surface area contributed by atoms with Crippen molar-refractivity contribution in [3.8, 4) is 0 Å². The summed E-state index contributed by atoms with van der Waals surface area (Å²) >= 11 is 5.95. The number of nitrogens with one attached hydrogen (secondary N) is 2. The van der Waals surface area contributed by atoms with Crippen LogP contribution in [0, 0.1) is 0 Å². The van der Waals surface area contributed by atoms with E-state index in [0.717, 1.165) is 56.1 Å². The van der Waals surface area contributed by atoms with Crippen LogP contribution in [0.5, 0.6) is 0 Å². The fourth-order valence-corrected chi connectivity index (χ4v) is 2.25. The molecule has 0 saturated carbocycles. The highest BCUT2D eigenvalue weighted by molar-refractivity contribution is 6.28. The molecule has 0 bridgehead atoms. The van der Waals surface area contributed by atoms with Crippen molar-refractivity contribution in [1.29, 1.82) is 0 Å². The van der Waals surface area contributed by atoms with E-state index >= 15 is 0 Å². The average Bonchev–Trinajstić information content (AvgIpc) is 2.34. The molecule has 0 saturated heterocycles. The Morgan fingerprint density at radius 2 is 2.22 bits per heavy atom. The van der Waals surface area contributed by atoms with Crippen LogP contribution in [-0.2, 0) is 13.0 Å². The average molecular weight is 270 g/mol. The molecule has 1 aliphatic heterocycles. The van der Waals surface area contributed by atoms with Gasteiger partial charge in [-0.3, -0.25) is 0 Å². The third-order valence-corrected chi connectivity index (χ3v) is 3.15. The third kappa shape index (κ3) is 3.54. The molecule has 0 aromatic carbocycles. The van der Waals surface area contributed by atoms with Gasteiger partial charge in [0.2, 0.25) is 5.28 Å². The largest absolute Gasteiger partial charge is 0.370 e. The summed E-state index contributed by atoms with van der Waals surface area (Å²) in [7, 11) is 4.15. The van der Waals surface area contributed by atoms with Crippen LogP contribution in [-0.4, -0.2) is 48.6 Å². The van der Waals surface area contributed by atoms with E-state index in [2.05, 4.69) is 39.6 Å². The van der Waals surface area contributed by atoms with Crippen LogP contribution in [0.1, 0.15) is 17.7 Å². The van der Waals surface area contributed by atoms with E-state index in [1.807, 2.05) is 0 Å². The number of nitrogens with zero attached hydrogens (tertiary/aromatic N) is 3. The van der Waals surface area contributed by atoms with Gasteiger partial charge in [-0.05, 0) is 38.7 Å². The molecule has 0 amide bonds. The van der Waals surface area contributed by atoms with Gasteiger partial charge >= 0.3 is 0 Å². The van der Waals surface area contributed by atoms with Gasteiger partial charge in [-0.25, -0.2) is 9.97 Å². The molecule has 100 valence electrons. The molecule has 0 unspecified atom stereocenters. The minimum Gasteiger partial charge on any atom is -0.370 e. The summed E-state index contributed by atoms with van der Waals surface area (Å²) in [5.74, 6) is 0.885. The molecule has 6 heteroatoms. The SMILES string of the molecule is CN(C)CCCNc1nc(Cl)nc2c1CNCC2. The molecule has 0 aliphatic carbocycles. The second-order valence-electron chi connectivity index (χ2n) is 4.78. The number of hydrogen-bond donors (Lipinski definition) is 2. The zero-order chi connectivity index (χ0) is 13.0. The number of fused-ring (bicyclic) bond motifs is 1. The van der Waals surface area contributed by atoms with E-state index in [-0.39, 0.29) is 0 Å². The summed E-state index contributed by atoms with van der Waals surface area (Å²) in [6, 6.07) is 0. The van der Waals surface area contributed by atoms with Gasteiger partial charge in [-0.1, -0.05) is 0 Å². The summed E-state index contributed by atoms with van der Waals surface area (Å²) in [5.41, 5.74) is 2.24. The predicted molar refractivity (Wildman–Crippen MR) is 74.1 cm³/mol. The Morgan fingerprint density at radius 1 is 1.39 bits per heavy atom. The molecule has 1 aliphatic rings. The maximum atomic E-state index is 5.95. The molecular formula is C12H20ClN5. The maximum absolute atomic E-state index is 5.95. The normalized spacial score (nSPS) is 14.7. The summed E-state index contributed by atoms with van der Waals surface area (Å²) in [6.45, 7) is 3.74. The molecule has 2 N–H and O–H groups in total. The fraction of sp³-hybridized carbons (Fsp3) is 0.667. The Morgan fingerprint density at radius 3 is 3.00 bits per heavy atom. The van der Waals surface area contributed by atoms with Crippen LogP contribution in [0.25, 0.3) is 0 Å². The Hall–Kier alpha value is -0.910. The van der Waals surface area contributed by atoms with Crippen LogP contribution in [0.2, 0.25) is 5.28 Å². The van der Waals surface area contributed by atoms with Crippen LogP contribution >= 0.6 is 11.6 Å². The highest BCUT2D eigenvalue weighted by Gasteiger charge is 2.16. The van der Waals surface area contributed by atoms with Crippen LogP contribution in [0.4, 0.5) is 5.82 Å². The first-order chi connectivity index (χ1) is 8.66. The highest BCUT2D eigenvalue weighted by atomic mass is 35.5. The molecule has 2 heterocycles. The number of anilines is 1. The van der Waals surface area contributed by atoms with E-state index in [4.69, 9.17) is 11.6 Å². The molecule has 0 radical (unpaired) electrons. The lowest BCUT2D eigenvalue weighted by Crippen LogP contribution is -2.27. The second kappa shape index (κ2) is 6.31. The van der Waals surface area contributed by atoms with Crippen LogP contribution < -0.4 is 10.6 Å². The first kappa shape index (κ1) is 13.5. The summed E-state index contributed by atoms with van der Waals surface area (Å²) < 4.78 is 0. The number of aromatic nitrogens is 2. The van der Waals surface area contributed by atoms with Gasteiger partial charge in [0.05, 0.1) is 5.69 Å². The van der Waals surface area contributed by atoms with Gasteiger partial charge in [0.15, 0.2) is 0 Å². The van der Waals surface area contributed by atoms with Crippen LogP contribution in [0.15, 0.2) is 0 Å². The van der Waals surface area contributed by atoms with Crippen molar-refractivity contribution < 1.29 is 0 Å². The first-order valence-corrected chi connectivity index (χ1v) is 6.69. The van der Waals surface area contributed by atoms with Crippen molar-refractivity contribution in [2.24, 2.45) is 0 Å². The Bertz CT molecular complexity index is 408. The Kier molecular flexibility index (Phi) is 4.74. The lowest BCUT2D eigenvalue weighted by Gasteiger charge is -2.20. The number of halogens is 1. The van der Waals surface area contributed by atoms with E-state index in [1.165, 1.54) is 0 Å². The lowest BCUT2D eigenvalue weighted by molar-refractivity contribution is 0.405. The molecule has 2 rings (SSSR count). The Balaban J connectivity index is 2.00. The van der Waals surface area contributed by atoms with E-state index in [1.54, 1.807) is 0 Å². The zero-order valence-corrected chi connectivity index (χ0v) is 11.7. The molecule has 1 aromatic heterocycles. The summed E-state index contributed by atoms with van der Waals surface area (Å²) in [5, 5.41) is 7.04. The molecule has 0 fully saturated rings. The second-order valence-corrected chi connectivity index (χ2v) is 5.11. The zero-order valence-electron chi connectivity index (χ0n) is 11.0. The minimum absolute atomic E-state index is 0.339. The topological polar surface area (TPSA) is 53.1 Å². The van der Waals surface area contributed by atoms with Gasteiger partial charge in [0.1, 0.15) is 5.82 Å². The third-order valence-electron chi connectivity index (χ3n) is 2.98. The highest BCUT2D eigenvalue weighted by Crippen LogP contribution is 2.21. The molecule has 0 atom stereocenters. The van der Waals surface area contributed by atoms with Crippen molar-refractivity contribution in [3.63, 3.8) is 0 Å². The van der Waals surface area contributed by atoms with Crippen molar-refractivity contribution >= 4 is 17.4 Å². The number of rotatable bonds is 5. The quantitative estimate of drug-likeness (QED) is 0.620. The van der Waals surface area contributed by atoms with Gasteiger partial charge in [0.25, 0.3) is 0 Å². The Labute approximate surface area is 113 Å². The molecular weight excluding hydrogens is 250 g/mol. The van der Waals surface area contributed by atoms with E-state index in [9.17, 15) is 0 Å². The van der Waals surface area contributed by atoms with Gasteiger partial charge < -0.3 is 15.5 Å². The van der Waals surface area contributed by atoms with Crippen molar-refractivity contribution in [1.82, 2.24) is 20.2 Å². The minimum atomic E-state index is 0.339. The fourth-order valence-electron chi connectivity index (χ4n) is 2.06. The van der Waals surface area contributed by atoms with Gasteiger partial charge in [-0.15, -0.1) is 0 Å². The van der Waals surface area contributed by atoms with Crippen LogP contribution in [0.3, 0.4) is 0 Å². The maximum Gasteiger partial charge on any atom is 0.224 e. The van der Waals surface area contributed by atoms with E-state index < -0.39 is 0 Å². The van der Waals surface area contributed by atoms with Gasteiger partial charge in [-0.2, -0.15) is 0 Å². The first-order valence-electron chi connectivity index (χ1n) is 6.31. The monoisotopic (exact) mass is 269 g/mol. The summed E-state index contributed by atoms with van der Waals surface area (Å²) in [4.78, 5) is 10.8. The van der Waals surface area contributed by atoms with Crippen molar-refractivity contribution in [3.05, 3.63) is 16.5 Å². The summed E-state index contributed by atoms with van der Waals surface area (Å²) in [6.07, 6.45) is 2.00. The van der Waals surface area contributed by atoms with Crippen molar-refractivity contribution in [2.75, 3.05) is 39.0 Å². The van der Waals surface area contributed by atoms with Gasteiger partial charge in [0, 0.05) is 31.6 Å². The predicted octanol–water partition coefficient (Wildman–Crippen LogP) is 1.14. The lowest BCUT2D eigenvalue weighted by atomic mass is 10.1. The number of hydrogen-bond acceptors (Lipinski definition) is 5. The molecule has 1 aromatic rings. The van der Waals surface area contributed by atoms with Crippen molar-refractivity contribution in [2.45, 2.75) is 19.4 Å². The molecule has 0 spiro atoms. The molecule has 5 nitrogen and oxygen atoms in total. The standard InChI is InChI=1S/C12H20ClN5/c1-18(2)7-3-5-15-11-9-8-14-6-4-10(9)16-12(13)17-11/h14H,3-8H2,1-2H3,(H,15,16,17).